The van der Waals surface area contributed by atoms with E-state index < -0.39 is 0 Å². The number of benzene rings is 1. The highest BCUT2D eigenvalue weighted by Gasteiger charge is 2.00. The molecule has 4 N–H and O–H groups in total. The number of rotatable bonds is 2. The van der Waals surface area contributed by atoms with Crippen molar-refractivity contribution in [2.24, 2.45) is 5.73 Å². The van der Waals surface area contributed by atoms with Crippen molar-refractivity contribution in [3.8, 4) is 11.3 Å². The van der Waals surface area contributed by atoms with Gasteiger partial charge in [0.1, 0.15) is 0 Å². The van der Waals surface area contributed by atoms with Crippen LogP contribution in [0.1, 0.15) is 0 Å². The van der Waals surface area contributed by atoms with Gasteiger partial charge in [0.25, 0.3) is 0 Å². The average molecular weight is 245 g/mol. The topological polar surface area (TPSA) is 70.9 Å². The van der Waals surface area contributed by atoms with Crippen molar-refractivity contribution in [2.45, 2.75) is 0 Å². The third-order valence-electron chi connectivity index (χ3n) is 2.21. The zero-order valence-electron chi connectivity index (χ0n) is 8.94. The van der Waals surface area contributed by atoms with Gasteiger partial charge in [-0.1, -0.05) is 18.2 Å². The molecule has 1 aromatic carbocycles. The number of anilines is 1. The Morgan fingerprint density at radius 1 is 1.24 bits per heavy atom. The van der Waals surface area contributed by atoms with Crippen LogP contribution in [-0.2, 0) is 0 Å². The molecular weight excluding hydrogens is 234 g/mol. The molecule has 0 spiro atoms. The lowest BCUT2D eigenvalue weighted by Crippen LogP contribution is -2.18. The predicted molar refractivity (Wildman–Crippen MR) is 72.9 cm³/mol. The smallest absolute Gasteiger partial charge is 0.248 e. The first-order chi connectivity index (χ1) is 8.15. The van der Waals surface area contributed by atoms with Gasteiger partial charge in [0, 0.05) is 23.0 Å². The van der Waals surface area contributed by atoms with E-state index in [1.54, 1.807) is 6.07 Å². The fourth-order valence-electron chi connectivity index (χ4n) is 1.52. The highest BCUT2D eigenvalue weighted by Crippen LogP contribution is 2.19. The van der Waals surface area contributed by atoms with E-state index in [0.717, 1.165) is 16.9 Å². The minimum absolute atomic E-state index is 0.129. The minimum Gasteiger partial charge on any atom is -0.376 e. The molecule has 17 heavy (non-hydrogen) atoms. The molecule has 0 bridgehead atoms. The third-order valence-corrected chi connectivity index (χ3v) is 2.31. The standard InChI is InChI=1S/C12H11N3OS/c13-12(17)14-9-4-1-3-8(7-9)10-5-2-6-11(16)15-10/h1-7H,(H,15,16)(H3,13,14,17). The number of aromatic amines is 1. The summed E-state index contributed by atoms with van der Waals surface area (Å²) in [5.74, 6) is 0. The quantitative estimate of drug-likeness (QED) is 0.704. The Labute approximate surface area is 103 Å². The second-order valence-electron chi connectivity index (χ2n) is 3.50. The van der Waals surface area contributed by atoms with Crippen LogP contribution in [0.4, 0.5) is 5.69 Å². The monoisotopic (exact) mass is 245 g/mol. The number of aromatic nitrogens is 1. The van der Waals surface area contributed by atoms with E-state index in [9.17, 15) is 4.79 Å². The summed E-state index contributed by atoms with van der Waals surface area (Å²) in [6, 6.07) is 12.5. The SMILES string of the molecule is NC(=S)Nc1cccc(-c2cccc(=O)[nH]2)c1. The molecule has 5 heteroatoms. The van der Waals surface area contributed by atoms with Gasteiger partial charge in [-0.2, -0.15) is 0 Å². The molecular formula is C12H11N3OS. The molecule has 1 aromatic heterocycles. The van der Waals surface area contributed by atoms with Gasteiger partial charge < -0.3 is 16.0 Å². The number of nitrogens with two attached hydrogens (primary N) is 1. The molecule has 0 aliphatic heterocycles. The van der Waals surface area contributed by atoms with Crippen LogP contribution in [0.2, 0.25) is 0 Å². The Bertz CT molecular complexity index is 606. The van der Waals surface area contributed by atoms with Crippen LogP contribution in [0.3, 0.4) is 0 Å². The summed E-state index contributed by atoms with van der Waals surface area (Å²) >= 11 is 4.77. The molecule has 2 aromatic rings. The lowest BCUT2D eigenvalue weighted by molar-refractivity contribution is 1.24. The first kappa shape index (κ1) is 11.3. The Hall–Kier alpha value is -2.14. The van der Waals surface area contributed by atoms with Crippen molar-refractivity contribution in [2.75, 3.05) is 5.32 Å². The maximum Gasteiger partial charge on any atom is 0.248 e. The highest BCUT2D eigenvalue weighted by molar-refractivity contribution is 7.80. The van der Waals surface area contributed by atoms with Crippen LogP contribution < -0.4 is 16.6 Å². The number of hydrogen-bond acceptors (Lipinski definition) is 2. The summed E-state index contributed by atoms with van der Waals surface area (Å²) in [6.45, 7) is 0. The molecule has 0 aliphatic rings. The maximum absolute atomic E-state index is 11.2. The summed E-state index contributed by atoms with van der Waals surface area (Å²) in [4.78, 5) is 14.0. The third kappa shape index (κ3) is 2.92. The number of hydrogen-bond donors (Lipinski definition) is 3. The molecule has 0 saturated carbocycles. The average Bonchev–Trinajstić information content (AvgIpc) is 2.28. The number of H-pyrrole nitrogens is 1. The fraction of sp³-hybridized carbons (Fsp3) is 0. The molecule has 86 valence electrons. The summed E-state index contributed by atoms with van der Waals surface area (Å²) in [7, 11) is 0. The van der Waals surface area contributed by atoms with Crippen molar-refractivity contribution in [1.82, 2.24) is 4.98 Å². The van der Waals surface area contributed by atoms with Gasteiger partial charge in [-0.05, 0) is 30.4 Å². The lowest BCUT2D eigenvalue weighted by Gasteiger charge is -2.06. The summed E-state index contributed by atoms with van der Waals surface area (Å²) in [5, 5.41) is 3.06. The zero-order valence-corrected chi connectivity index (χ0v) is 9.75. The molecule has 0 aliphatic carbocycles. The molecule has 0 radical (unpaired) electrons. The van der Waals surface area contributed by atoms with Gasteiger partial charge >= 0.3 is 0 Å². The van der Waals surface area contributed by atoms with Crippen LogP contribution in [0.15, 0.2) is 47.3 Å². The van der Waals surface area contributed by atoms with Gasteiger partial charge in [-0.3, -0.25) is 4.79 Å². The Balaban J connectivity index is 2.39. The van der Waals surface area contributed by atoms with Crippen molar-refractivity contribution < 1.29 is 0 Å². The molecule has 0 amide bonds. The summed E-state index contributed by atoms with van der Waals surface area (Å²) < 4.78 is 0. The van der Waals surface area contributed by atoms with E-state index in [4.69, 9.17) is 18.0 Å². The fourth-order valence-corrected chi connectivity index (χ4v) is 1.64. The van der Waals surface area contributed by atoms with E-state index in [0.29, 0.717) is 0 Å². The maximum atomic E-state index is 11.2. The second kappa shape index (κ2) is 4.80. The van der Waals surface area contributed by atoms with Crippen LogP contribution in [0, 0.1) is 0 Å². The van der Waals surface area contributed by atoms with Crippen molar-refractivity contribution in [3.05, 3.63) is 52.8 Å². The molecule has 0 unspecified atom stereocenters. The van der Waals surface area contributed by atoms with Crippen LogP contribution in [-0.4, -0.2) is 10.1 Å². The van der Waals surface area contributed by atoms with Crippen LogP contribution in [0.25, 0.3) is 11.3 Å². The van der Waals surface area contributed by atoms with Crippen LogP contribution in [0.5, 0.6) is 0 Å². The van der Waals surface area contributed by atoms with Gasteiger partial charge in [-0.25, -0.2) is 0 Å². The Morgan fingerprint density at radius 2 is 2.00 bits per heavy atom. The van der Waals surface area contributed by atoms with E-state index in [1.807, 2.05) is 30.3 Å². The molecule has 0 atom stereocenters. The highest BCUT2D eigenvalue weighted by atomic mass is 32.1. The molecule has 4 nitrogen and oxygen atoms in total. The van der Waals surface area contributed by atoms with E-state index in [-0.39, 0.29) is 10.7 Å². The second-order valence-corrected chi connectivity index (χ2v) is 3.94. The molecule has 2 rings (SSSR count). The van der Waals surface area contributed by atoms with Crippen molar-refractivity contribution in [3.63, 3.8) is 0 Å². The molecule has 0 saturated heterocycles. The largest absolute Gasteiger partial charge is 0.376 e. The first-order valence-electron chi connectivity index (χ1n) is 5.01. The Kier molecular flexibility index (Phi) is 3.20. The summed E-state index contributed by atoms with van der Waals surface area (Å²) in [5.41, 5.74) is 7.71. The Morgan fingerprint density at radius 3 is 2.71 bits per heavy atom. The normalized spacial score (nSPS) is 9.88. The summed E-state index contributed by atoms with van der Waals surface area (Å²) in [6.07, 6.45) is 0. The van der Waals surface area contributed by atoms with Gasteiger partial charge in [-0.15, -0.1) is 0 Å². The van der Waals surface area contributed by atoms with Crippen molar-refractivity contribution in [1.29, 1.82) is 0 Å². The number of nitrogens with one attached hydrogen (secondary N) is 2. The minimum atomic E-state index is -0.129. The van der Waals surface area contributed by atoms with Gasteiger partial charge in [0.15, 0.2) is 5.11 Å². The van der Waals surface area contributed by atoms with E-state index in [1.165, 1.54) is 6.07 Å². The number of pyridine rings is 1. The predicted octanol–water partition coefficient (Wildman–Crippen LogP) is 1.70. The van der Waals surface area contributed by atoms with E-state index >= 15 is 0 Å². The lowest BCUT2D eigenvalue weighted by atomic mass is 10.1. The first-order valence-corrected chi connectivity index (χ1v) is 5.42. The van der Waals surface area contributed by atoms with E-state index in [2.05, 4.69) is 10.3 Å². The van der Waals surface area contributed by atoms with Crippen molar-refractivity contribution >= 4 is 23.0 Å². The molecule has 0 fully saturated rings. The van der Waals surface area contributed by atoms with Gasteiger partial charge in [0.2, 0.25) is 5.56 Å². The molecule has 1 heterocycles. The van der Waals surface area contributed by atoms with Gasteiger partial charge in [0.05, 0.1) is 0 Å². The van der Waals surface area contributed by atoms with Crippen LogP contribution >= 0.6 is 12.2 Å². The number of thiocarbonyl (C=S) groups is 1. The zero-order chi connectivity index (χ0) is 12.3.